The third kappa shape index (κ3) is 4.22. The van der Waals surface area contributed by atoms with Crippen molar-refractivity contribution in [3.05, 3.63) is 56.2 Å². The van der Waals surface area contributed by atoms with Gasteiger partial charge in [-0.3, -0.25) is 24.5 Å². The molecule has 0 bridgehead atoms. The molecule has 1 fully saturated rings. The number of nitrogens with one attached hydrogen (secondary N) is 2. The fraction of sp³-hybridized carbons (Fsp3) is 0.238. The summed E-state index contributed by atoms with van der Waals surface area (Å²) >= 11 is 7.13. The zero-order valence-electron chi connectivity index (χ0n) is 15.7. The largest absolute Gasteiger partial charge is 0.341 e. The van der Waals surface area contributed by atoms with Crippen LogP contribution in [0.1, 0.15) is 39.2 Å². The van der Waals surface area contributed by atoms with Crippen molar-refractivity contribution in [2.75, 3.05) is 0 Å². The molecule has 1 unspecified atom stereocenters. The summed E-state index contributed by atoms with van der Waals surface area (Å²) in [6, 6.07) is 8.12. The van der Waals surface area contributed by atoms with Gasteiger partial charge in [0.05, 0.1) is 9.21 Å². The molecule has 3 heterocycles. The highest BCUT2D eigenvalue weighted by Crippen LogP contribution is 2.28. The first kappa shape index (κ1) is 20.1. The number of benzene rings is 1. The van der Waals surface area contributed by atoms with E-state index in [1.807, 2.05) is 6.07 Å². The molecule has 2 N–H and O–H groups in total. The number of rotatable bonds is 3. The summed E-state index contributed by atoms with van der Waals surface area (Å²) in [6.45, 7) is 0.555. The lowest BCUT2D eigenvalue weighted by Crippen LogP contribution is -2.52. The van der Waals surface area contributed by atoms with Crippen LogP contribution in [0.3, 0.4) is 0 Å². The molecule has 7 nitrogen and oxygen atoms in total. The van der Waals surface area contributed by atoms with E-state index in [2.05, 4.69) is 22.5 Å². The monoisotopic (exact) mass is 441 g/mol. The molecular weight excluding hydrogens is 426 g/mol. The predicted molar refractivity (Wildman–Crippen MR) is 111 cm³/mol. The lowest BCUT2D eigenvalue weighted by Gasteiger charge is -2.29. The number of hydrogen-bond donors (Lipinski definition) is 2. The Morgan fingerprint density at radius 2 is 2.10 bits per heavy atom. The maximum Gasteiger partial charge on any atom is 0.296 e. The first-order valence-electron chi connectivity index (χ1n) is 9.22. The average molecular weight is 442 g/mol. The third-order valence-corrected chi connectivity index (χ3v) is 6.06. The summed E-state index contributed by atoms with van der Waals surface area (Å²) in [7, 11) is 0. The van der Waals surface area contributed by atoms with Gasteiger partial charge in [-0.1, -0.05) is 23.7 Å². The van der Waals surface area contributed by atoms with Gasteiger partial charge in [0.1, 0.15) is 6.04 Å². The molecule has 4 amide bonds. The van der Waals surface area contributed by atoms with Crippen LogP contribution < -0.4 is 10.6 Å². The molecule has 0 spiro atoms. The third-order valence-electron chi connectivity index (χ3n) is 4.91. The maximum absolute atomic E-state index is 12.7. The second kappa shape index (κ2) is 8.30. The normalized spacial score (nSPS) is 17.8. The molecule has 1 atom stereocenters. The summed E-state index contributed by atoms with van der Waals surface area (Å²) in [5.41, 5.74) is 2.14. The van der Waals surface area contributed by atoms with Crippen LogP contribution in [-0.4, -0.2) is 34.6 Å². The minimum Gasteiger partial charge on any atom is -0.341 e. The molecule has 1 saturated heterocycles. The van der Waals surface area contributed by atoms with E-state index >= 15 is 0 Å². The minimum atomic E-state index is -0.646. The summed E-state index contributed by atoms with van der Waals surface area (Å²) < 4.78 is 0.610. The van der Waals surface area contributed by atoms with Crippen molar-refractivity contribution < 1.29 is 19.2 Å². The number of halogens is 1. The summed E-state index contributed by atoms with van der Waals surface area (Å²) in [6.07, 6.45) is 0.536. The van der Waals surface area contributed by atoms with E-state index in [1.54, 1.807) is 24.3 Å². The number of imide groups is 1. The Balaban J connectivity index is 1.39. The molecule has 0 aliphatic carbocycles. The molecule has 152 valence electrons. The summed E-state index contributed by atoms with van der Waals surface area (Å²) in [5.74, 6) is 3.88. The molecule has 0 radical (unpaired) electrons. The quantitative estimate of drug-likeness (QED) is 0.561. The van der Waals surface area contributed by atoms with Gasteiger partial charge in [-0.15, -0.1) is 11.3 Å². The Labute approximate surface area is 181 Å². The number of carbonyl (C=O) groups excluding carboxylic acids is 4. The Kier molecular flexibility index (Phi) is 5.57. The number of hydrogen-bond acceptors (Lipinski definition) is 5. The SMILES string of the molecule is O=C(C#Cc1ccc(Cl)s1)NCc1ccc2c(c1)CN(C1CCC(=O)NC1=O)C2=O. The van der Waals surface area contributed by atoms with E-state index in [0.717, 1.165) is 11.1 Å². The topological polar surface area (TPSA) is 95.6 Å². The van der Waals surface area contributed by atoms with Crippen LogP contribution in [-0.2, 0) is 27.5 Å². The van der Waals surface area contributed by atoms with Crippen molar-refractivity contribution in [3.8, 4) is 11.8 Å². The van der Waals surface area contributed by atoms with Crippen molar-refractivity contribution >= 4 is 46.6 Å². The number of thiophene rings is 1. The molecular formula is C21H16ClN3O4S. The fourth-order valence-electron chi connectivity index (χ4n) is 3.46. The molecule has 2 aliphatic rings. The van der Waals surface area contributed by atoms with E-state index in [0.29, 0.717) is 27.7 Å². The standard InChI is InChI=1S/C21H16ClN3O4S/c22-17-6-2-14(30-17)3-7-18(26)23-10-12-1-4-15-13(9-12)11-25(21(15)29)16-5-8-19(27)24-20(16)28/h1-2,4,6,9,16H,5,8,10-11H2,(H,23,26)(H,24,27,28). The van der Waals surface area contributed by atoms with Crippen LogP contribution in [0.4, 0.5) is 0 Å². The van der Waals surface area contributed by atoms with Gasteiger partial charge in [-0.25, -0.2) is 0 Å². The van der Waals surface area contributed by atoms with Crippen LogP contribution in [0.15, 0.2) is 30.3 Å². The zero-order valence-corrected chi connectivity index (χ0v) is 17.2. The smallest absolute Gasteiger partial charge is 0.296 e. The van der Waals surface area contributed by atoms with Gasteiger partial charge in [0.25, 0.3) is 11.8 Å². The van der Waals surface area contributed by atoms with Gasteiger partial charge < -0.3 is 10.2 Å². The van der Waals surface area contributed by atoms with Crippen molar-refractivity contribution in [1.29, 1.82) is 0 Å². The number of nitrogens with zero attached hydrogens (tertiary/aromatic N) is 1. The molecule has 1 aromatic carbocycles. The Morgan fingerprint density at radius 1 is 1.27 bits per heavy atom. The highest BCUT2D eigenvalue weighted by Gasteiger charge is 2.38. The Morgan fingerprint density at radius 3 is 2.83 bits per heavy atom. The van der Waals surface area contributed by atoms with Crippen LogP contribution in [0, 0.1) is 11.8 Å². The van der Waals surface area contributed by atoms with Crippen molar-refractivity contribution in [2.24, 2.45) is 0 Å². The van der Waals surface area contributed by atoms with Gasteiger partial charge >= 0.3 is 0 Å². The van der Waals surface area contributed by atoms with E-state index in [-0.39, 0.29) is 24.8 Å². The zero-order chi connectivity index (χ0) is 21.3. The van der Waals surface area contributed by atoms with Crippen molar-refractivity contribution in [2.45, 2.75) is 32.0 Å². The van der Waals surface area contributed by atoms with Crippen LogP contribution in [0.2, 0.25) is 4.34 Å². The number of amides is 4. The number of fused-ring (bicyclic) bond motifs is 1. The van der Waals surface area contributed by atoms with Gasteiger partial charge in [0, 0.05) is 31.0 Å². The van der Waals surface area contributed by atoms with E-state index in [4.69, 9.17) is 11.6 Å². The Bertz CT molecular complexity index is 1130. The van der Waals surface area contributed by atoms with Crippen LogP contribution >= 0.6 is 22.9 Å². The molecule has 2 aliphatic heterocycles. The number of carbonyl (C=O) groups is 4. The molecule has 9 heteroatoms. The van der Waals surface area contributed by atoms with Crippen molar-refractivity contribution in [1.82, 2.24) is 15.5 Å². The molecule has 30 heavy (non-hydrogen) atoms. The van der Waals surface area contributed by atoms with Gasteiger partial charge in [0.2, 0.25) is 11.8 Å². The average Bonchev–Trinajstić information content (AvgIpc) is 3.27. The Hall–Kier alpha value is -3.15. The van der Waals surface area contributed by atoms with Gasteiger partial charge in [-0.2, -0.15) is 0 Å². The predicted octanol–water partition coefficient (Wildman–Crippen LogP) is 1.83. The molecule has 0 saturated carbocycles. The molecule has 1 aromatic heterocycles. The second-order valence-electron chi connectivity index (χ2n) is 6.93. The van der Waals surface area contributed by atoms with Gasteiger partial charge in [0.15, 0.2) is 0 Å². The van der Waals surface area contributed by atoms with Crippen LogP contribution in [0.5, 0.6) is 0 Å². The summed E-state index contributed by atoms with van der Waals surface area (Å²) in [4.78, 5) is 50.3. The highest BCUT2D eigenvalue weighted by atomic mass is 35.5. The van der Waals surface area contributed by atoms with Gasteiger partial charge in [-0.05, 0) is 41.7 Å². The molecule has 4 rings (SSSR count). The number of piperidine rings is 1. The van der Waals surface area contributed by atoms with E-state index < -0.39 is 17.9 Å². The lowest BCUT2D eigenvalue weighted by atomic mass is 10.0. The fourth-order valence-corrected chi connectivity index (χ4v) is 4.36. The maximum atomic E-state index is 12.7. The minimum absolute atomic E-state index is 0.215. The lowest BCUT2D eigenvalue weighted by molar-refractivity contribution is -0.137. The first-order valence-corrected chi connectivity index (χ1v) is 10.4. The summed E-state index contributed by atoms with van der Waals surface area (Å²) in [5, 5.41) is 5.01. The second-order valence-corrected chi connectivity index (χ2v) is 8.64. The van der Waals surface area contributed by atoms with E-state index in [9.17, 15) is 19.2 Å². The highest BCUT2D eigenvalue weighted by molar-refractivity contribution is 7.16. The first-order chi connectivity index (χ1) is 14.4. The van der Waals surface area contributed by atoms with E-state index in [1.165, 1.54) is 16.2 Å². The van der Waals surface area contributed by atoms with Crippen molar-refractivity contribution in [3.63, 3.8) is 0 Å². The molecule has 2 aromatic rings. The van der Waals surface area contributed by atoms with Crippen LogP contribution in [0.25, 0.3) is 0 Å².